The third-order valence-corrected chi connectivity index (χ3v) is 3.20. The largest absolute Gasteiger partial charge is 0.413 e. The Balaban J connectivity index is 3.02. The Kier molecular flexibility index (Phi) is 3.78. The second-order valence-electron chi connectivity index (χ2n) is 3.24. The van der Waals surface area contributed by atoms with Gasteiger partial charge >= 0.3 is 6.18 Å². The predicted octanol–water partition coefficient (Wildman–Crippen LogP) is 2.40. The Labute approximate surface area is 95.1 Å². The molecule has 0 spiro atoms. The first-order valence-corrected chi connectivity index (χ1v) is 5.75. The Morgan fingerprint density at radius 3 is 2.41 bits per heavy atom. The molecule has 0 amide bonds. The van der Waals surface area contributed by atoms with Crippen molar-refractivity contribution in [2.75, 3.05) is 6.61 Å². The van der Waals surface area contributed by atoms with Crippen molar-refractivity contribution in [1.82, 2.24) is 0 Å². The fourth-order valence-electron chi connectivity index (χ4n) is 1.05. The summed E-state index contributed by atoms with van der Waals surface area (Å²) in [6.07, 6.45) is -4.77. The van der Waals surface area contributed by atoms with Crippen LogP contribution in [-0.2, 0) is 14.3 Å². The van der Waals surface area contributed by atoms with Crippen molar-refractivity contribution in [3.8, 4) is 0 Å². The van der Waals surface area contributed by atoms with Crippen LogP contribution in [0.2, 0.25) is 0 Å². The van der Waals surface area contributed by atoms with Gasteiger partial charge < -0.3 is 0 Å². The Morgan fingerprint density at radius 2 is 1.88 bits per heavy atom. The van der Waals surface area contributed by atoms with E-state index in [2.05, 4.69) is 4.18 Å². The SMILES string of the molecule is Cc1ccc(F)cc1S(=O)(=O)OCC(F)(F)F. The Hall–Kier alpha value is -1.15. The topological polar surface area (TPSA) is 43.4 Å². The van der Waals surface area contributed by atoms with Gasteiger partial charge in [0.1, 0.15) is 5.82 Å². The van der Waals surface area contributed by atoms with Crippen molar-refractivity contribution >= 4 is 10.1 Å². The molecular weight excluding hydrogens is 264 g/mol. The Bertz CT molecular complexity index is 507. The quantitative estimate of drug-likeness (QED) is 0.627. The summed E-state index contributed by atoms with van der Waals surface area (Å²) in [6, 6.07) is 2.75. The fraction of sp³-hybridized carbons (Fsp3) is 0.333. The van der Waals surface area contributed by atoms with Crippen LogP contribution in [-0.4, -0.2) is 21.2 Å². The first kappa shape index (κ1) is 13.9. The van der Waals surface area contributed by atoms with Gasteiger partial charge in [0.15, 0.2) is 6.61 Å². The van der Waals surface area contributed by atoms with Crippen LogP contribution in [0.5, 0.6) is 0 Å². The maximum atomic E-state index is 12.8. The highest BCUT2D eigenvalue weighted by Crippen LogP contribution is 2.22. The van der Waals surface area contributed by atoms with Gasteiger partial charge in [-0.2, -0.15) is 21.6 Å². The lowest BCUT2D eigenvalue weighted by Crippen LogP contribution is -2.21. The first-order valence-electron chi connectivity index (χ1n) is 4.34. The molecule has 0 N–H and O–H groups in total. The molecule has 0 aliphatic carbocycles. The molecule has 0 aliphatic heterocycles. The van der Waals surface area contributed by atoms with Crippen LogP contribution in [0.1, 0.15) is 5.56 Å². The summed E-state index contributed by atoms with van der Waals surface area (Å²) in [7, 11) is -4.61. The van der Waals surface area contributed by atoms with Gasteiger partial charge in [0.2, 0.25) is 0 Å². The van der Waals surface area contributed by atoms with Crippen molar-refractivity contribution in [1.29, 1.82) is 0 Å². The minimum Gasteiger partial charge on any atom is -0.257 e. The van der Waals surface area contributed by atoms with Crippen molar-refractivity contribution < 1.29 is 30.2 Å². The van der Waals surface area contributed by atoms with Gasteiger partial charge in [-0.1, -0.05) is 6.07 Å². The maximum Gasteiger partial charge on any atom is 0.413 e. The third kappa shape index (κ3) is 3.97. The Morgan fingerprint density at radius 1 is 1.29 bits per heavy atom. The fourth-order valence-corrected chi connectivity index (χ4v) is 2.19. The molecule has 96 valence electrons. The molecule has 1 aromatic rings. The van der Waals surface area contributed by atoms with Crippen LogP contribution in [0.3, 0.4) is 0 Å². The van der Waals surface area contributed by atoms with Crippen molar-refractivity contribution in [3.63, 3.8) is 0 Å². The lowest BCUT2D eigenvalue weighted by atomic mass is 10.2. The van der Waals surface area contributed by atoms with E-state index < -0.39 is 33.6 Å². The zero-order valence-corrected chi connectivity index (χ0v) is 9.40. The van der Waals surface area contributed by atoms with Gasteiger partial charge in [-0.15, -0.1) is 0 Å². The molecule has 3 nitrogen and oxygen atoms in total. The van der Waals surface area contributed by atoms with E-state index in [1.807, 2.05) is 0 Å². The van der Waals surface area contributed by atoms with Crippen LogP contribution < -0.4 is 0 Å². The second kappa shape index (κ2) is 4.61. The summed E-state index contributed by atoms with van der Waals surface area (Å²) >= 11 is 0. The highest BCUT2D eigenvalue weighted by molar-refractivity contribution is 7.86. The summed E-state index contributed by atoms with van der Waals surface area (Å²) in [5, 5.41) is 0. The molecule has 0 aromatic heterocycles. The molecule has 0 heterocycles. The van der Waals surface area contributed by atoms with Gasteiger partial charge in [-0.05, 0) is 24.6 Å². The van der Waals surface area contributed by atoms with Crippen LogP contribution in [0.4, 0.5) is 17.6 Å². The minimum atomic E-state index is -4.77. The molecule has 0 fully saturated rings. The van der Waals surface area contributed by atoms with E-state index in [1.165, 1.54) is 6.92 Å². The van der Waals surface area contributed by atoms with Crippen LogP contribution >= 0.6 is 0 Å². The van der Waals surface area contributed by atoms with E-state index in [0.717, 1.165) is 12.1 Å². The van der Waals surface area contributed by atoms with E-state index in [4.69, 9.17) is 0 Å². The molecule has 0 aliphatic rings. The van der Waals surface area contributed by atoms with Gasteiger partial charge in [0, 0.05) is 0 Å². The van der Waals surface area contributed by atoms with E-state index in [9.17, 15) is 26.0 Å². The summed E-state index contributed by atoms with van der Waals surface area (Å²) in [4.78, 5) is -0.609. The molecule has 0 saturated heterocycles. The third-order valence-electron chi connectivity index (χ3n) is 1.80. The van der Waals surface area contributed by atoms with Crippen molar-refractivity contribution in [2.45, 2.75) is 18.0 Å². The molecule has 17 heavy (non-hydrogen) atoms. The average Bonchev–Trinajstić information content (AvgIpc) is 2.18. The van der Waals surface area contributed by atoms with Crippen LogP contribution in [0, 0.1) is 12.7 Å². The molecule has 0 radical (unpaired) electrons. The minimum absolute atomic E-state index is 0.105. The maximum absolute atomic E-state index is 12.8. The van der Waals surface area contributed by atoms with Gasteiger partial charge in [0.25, 0.3) is 10.1 Å². The summed E-state index contributed by atoms with van der Waals surface area (Å²) in [5.41, 5.74) is 0.105. The number of rotatable bonds is 3. The van der Waals surface area contributed by atoms with Gasteiger partial charge in [-0.3, -0.25) is 4.18 Å². The average molecular weight is 272 g/mol. The first-order chi connectivity index (χ1) is 7.62. The summed E-state index contributed by atoms with van der Waals surface area (Å²) in [5.74, 6) is -0.871. The number of halogens is 4. The number of benzene rings is 1. The molecule has 0 saturated carbocycles. The smallest absolute Gasteiger partial charge is 0.257 e. The molecular formula is C9H8F4O3S. The van der Waals surface area contributed by atoms with Crippen LogP contribution in [0.15, 0.2) is 23.1 Å². The lowest BCUT2D eigenvalue weighted by molar-refractivity contribution is -0.152. The van der Waals surface area contributed by atoms with E-state index >= 15 is 0 Å². The number of alkyl halides is 3. The predicted molar refractivity (Wildman–Crippen MR) is 50.3 cm³/mol. The van der Waals surface area contributed by atoms with E-state index in [0.29, 0.717) is 6.07 Å². The second-order valence-corrected chi connectivity index (χ2v) is 4.83. The monoisotopic (exact) mass is 272 g/mol. The standard InChI is InChI=1S/C9H8F4O3S/c1-6-2-3-7(10)4-8(6)17(14,15)16-5-9(11,12)13/h2-4H,5H2,1H3. The zero-order valence-electron chi connectivity index (χ0n) is 8.58. The van der Waals surface area contributed by atoms with Crippen molar-refractivity contribution in [2.24, 2.45) is 0 Å². The number of hydrogen-bond donors (Lipinski definition) is 0. The molecule has 8 heteroatoms. The lowest BCUT2D eigenvalue weighted by Gasteiger charge is -2.10. The van der Waals surface area contributed by atoms with Crippen LogP contribution in [0.25, 0.3) is 0 Å². The molecule has 1 rings (SSSR count). The summed E-state index contributed by atoms with van der Waals surface area (Å²) in [6.45, 7) is -0.617. The molecule has 0 atom stereocenters. The van der Waals surface area contributed by atoms with E-state index in [-0.39, 0.29) is 5.56 Å². The summed E-state index contributed by atoms with van der Waals surface area (Å²) < 4.78 is 74.8. The molecule has 1 aromatic carbocycles. The molecule has 0 unspecified atom stereocenters. The van der Waals surface area contributed by atoms with Crippen molar-refractivity contribution in [3.05, 3.63) is 29.6 Å². The number of hydrogen-bond acceptors (Lipinski definition) is 3. The highest BCUT2D eigenvalue weighted by atomic mass is 32.2. The number of aryl methyl sites for hydroxylation is 1. The molecule has 0 bridgehead atoms. The van der Waals surface area contributed by atoms with E-state index in [1.54, 1.807) is 0 Å². The normalized spacial score (nSPS) is 12.8. The van der Waals surface area contributed by atoms with Gasteiger partial charge in [0.05, 0.1) is 4.90 Å². The highest BCUT2D eigenvalue weighted by Gasteiger charge is 2.32. The zero-order chi connectivity index (χ0) is 13.3. The van der Waals surface area contributed by atoms with Gasteiger partial charge in [-0.25, -0.2) is 4.39 Å².